The molecule has 0 atom stereocenters. The van der Waals surface area contributed by atoms with E-state index in [1.807, 2.05) is 72.8 Å². The monoisotopic (exact) mass is 716 g/mol. The normalized spacial score (nSPS) is 11.6. The third kappa shape index (κ3) is 5.37. The number of hydrogen-bond donors (Lipinski definition) is 0. The maximum atomic E-state index is 6.20. The SMILES string of the molecule is c1ccc(-c2ccc3c(c2)c2ccccc2n3-c2ccc(-c3ccc4oc5ccccc5c4c3)cc2-c2nc(-c3ccccc3)nc(-c3ccccc3)n2)cc1. The minimum Gasteiger partial charge on any atom is -0.456 e. The molecule has 0 saturated heterocycles. The highest BCUT2D eigenvalue weighted by molar-refractivity contribution is 6.11. The molecular weight excluding hydrogens is 685 g/mol. The van der Waals surface area contributed by atoms with Gasteiger partial charge in [0.2, 0.25) is 0 Å². The van der Waals surface area contributed by atoms with Gasteiger partial charge in [-0.05, 0) is 70.8 Å². The second-order valence-corrected chi connectivity index (χ2v) is 14.0. The fraction of sp³-hybridized carbons (Fsp3) is 0. The quantitative estimate of drug-likeness (QED) is 0.172. The van der Waals surface area contributed by atoms with Crippen LogP contribution in [-0.4, -0.2) is 19.5 Å². The Labute approximate surface area is 322 Å². The summed E-state index contributed by atoms with van der Waals surface area (Å²) in [5.74, 6) is 1.83. The molecule has 8 aromatic carbocycles. The number of benzene rings is 8. The summed E-state index contributed by atoms with van der Waals surface area (Å²) in [6, 6.07) is 67.5. The minimum atomic E-state index is 0.594. The predicted octanol–water partition coefficient (Wildman–Crippen LogP) is 13.2. The van der Waals surface area contributed by atoms with Crippen molar-refractivity contribution >= 4 is 43.7 Å². The van der Waals surface area contributed by atoms with E-state index in [2.05, 4.69) is 126 Å². The van der Waals surface area contributed by atoms with E-state index in [9.17, 15) is 0 Å². The van der Waals surface area contributed by atoms with Gasteiger partial charge in [0.05, 0.1) is 16.7 Å². The standard InChI is InChI=1S/C51H32N4O/c1-4-14-33(15-5-1)36-24-27-45-41(30-36)39-20-10-12-22-44(39)55(45)46-28-25-37(38-26-29-48-42(31-38)40-21-11-13-23-47(40)56-48)32-43(46)51-53-49(34-16-6-2-7-17-34)52-50(54-51)35-18-8-3-9-19-35/h1-32H. The molecule has 0 aliphatic rings. The highest BCUT2D eigenvalue weighted by Crippen LogP contribution is 2.40. The molecule has 11 rings (SSSR count). The van der Waals surface area contributed by atoms with Crippen LogP contribution in [0.15, 0.2) is 199 Å². The molecular formula is C51H32N4O. The molecule has 0 fully saturated rings. The molecule has 0 aliphatic carbocycles. The highest BCUT2D eigenvalue weighted by Gasteiger charge is 2.21. The Morgan fingerprint density at radius 3 is 1.55 bits per heavy atom. The van der Waals surface area contributed by atoms with Crippen LogP contribution in [-0.2, 0) is 0 Å². The Balaban J connectivity index is 1.19. The summed E-state index contributed by atoms with van der Waals surface area (Å²) in [7, 11) is 0. The number of nitrogens with zero attached hydrogens (tertiary/aromatic N) is 4. The maximum absolute atomic E-state index is 6.20. The van der Waals surface area contributed by atoms with E-state index in [0.717, 1.165) is 66.5 Å². The van der Waals surface area contributed by atoms with Crippen LogP contribution < -0.4 is 0 Å². The lowest BCUT2D eigenvalue weighted by molar-refractivity contribution is 0.669. The molecule has 5 nitrogen and oxygen atoms in total. The van der Waals surface area contributed by atoms with Crippen LogP contribution in [0.25, 0.3) is 106 Å². The van der Waals surface area contributed by atoms with Crippen LogP contribution in [0, 0.1) is 0 Å². The molecule has 0 aliphatic heterocycles. The van der Waals surface area contributed by atoms with Crippen molar-refractivity contribution in [3.05, 3.63) is 194 Å². The summed E-state index contributed by atoms with van der Waals surface area (Å²) in [5, 5.41) is 4.54. The molecule has 0 amide bonds. The lowest BCUT2D eigenvalue weighted by atomic mass is 9.99. The van der Waals surface area contributed by atoms with Gasteiger partial charge < -0.3 is 8.98 Å². The van der Waals surface area contributed by atoms with Gasteiger partial charge >= 0.3 is 0 Å². The Morgan fingerprint density at radius 1 is 0.321 bits per heavy atom. The van der Waals surface area contributed by atoms with E-state index in [1.54, 1.807) is 0 Å². The van der Waals surface area contributed by atoms with Crippen molar-refractivity contribution < 1.29 is 4.42 Å². The van der Waals surface area contributed by atoms with E-state index in [0.29, 0.717) is 17.5 Å². The van der Waals surface area contributed by atoms with Gasteiger partial charge in [0.15, 0.2) is 17.5 Å². The van der Waals surface area contributed by atoms with Crippen molar-refractivity contribution in [1.82, 2.24) is 19.5 Å². The summed E-state index contributed by atoms with van der Waals surface area (Å²) in [6.07, 6.45) is 0. The van der Waals surface area contributed by atoms with Crippen molar-refractivity contribution in [3.63, 3.8) is 0 Å². The summed E-state index contributed by atoms with van der Waals surface area (Å²) in [5.41, 5.74) is 12.2. The zero-order valence-corrected chi connectivity index (χ0v) is 30.2. The zero-order chi connectivity index (χ0) is 37.0. The summed E-state index contributed by atoms with van der Waals surface area (Å²) in [4.78, 5) is 15.5. The molecule has 262 valence electrons. The second-order valence-electron chi connectivity index (χ2n) is 14.0. The van der Waals surface area contributed by atoms with Gasteiger partial charge in [0.25, 0.3) is 0 Å². The fourth-order valence-electron chi connectivity index (χ4n) is 7.97. The molecule has 5 heteroatoms. The molecule has 3 aromatic heterocycles. The van der Waals surface area contributed by atoms with Gasteiger partial charge in [-0.2, -0.15) is 0 Å². The fourth-order valence-corrected chi connectivity index (χ4v) is 7.97. The van der Waals surface area contributed by atoms with Crippen LogP contribution in [0.1, 0.15) is 0 Å². The van der Waals surface area contributed by atoms with E-state index < -0.39 is 0 Å². The van der Waals surface area contributed by atoms with Crippen LogP contribution in [0.4, 0.5) is 0 Å². The van der Waals surface area contributed by atoms with Gasteiger partial charge in [-0.3, -0.25) is 0 Å². The van der Waals surface area contributed by atoms with Crippen molar-refractivity contribution in [2.45, 2.75) is 0 Å². The van der Waals surface area contributed by atoms with E-state index in [-0.39, 0.29) is 0 Å². The Kier molecular flexibility index (Phi) is 7.42. The lowest BCUT2D eigenvalue weighted by Crippen LogP contribution is -2.04. The first kappa shape index (κ1) is 31.9. The molecule has 0 spiro atoms. The molecule has 0 radical (unpaired) electrons. The zero-order valence-electron chi connectivity index (χ0n) is 30.2. The second kappa shape index (κ2) is 13.0. The summed E-state index contributed by atoms with van der Waals surface area (Å²) >= 11 is 0. The molecule has 3 heterocycles. The number of aromatic nitrogens is 4. The van der Waals surface area contributed by atoms with Crippen LogP contribution >= 0.6 is 0 Å². The molecule has 0 saturated carbocycles. The molecule has 0 N–H and O–H groups in total. The topological polar surface area (TPSA) is 56.7 Å². The van der Waals surface area contributed by atoms with Gasteiger partial charge in [-0.1, -0.05) is 146 Å². The molecule has 56 heavy (non-hydrogen) atoms. The maximum Gasteiger partial charge on any atom is 0.166 e. The molecule has 11 aromatic rings. The first-order valence-corrected chi connectivity index (χ1v) is 18.8. The van der Waals surface area contributed by atoms with E-state index >= 15 is 0 Å². The van der Waals surface area contributed by atoms with Gasteiger partial charge in [0.1, 0.15) is 11.2 Å². The minimum absolute atomic E-state index is 0.594. The highest BCUT2D eigenvalue weighted by atomic mass is 16.3. The van der Waals surface area contributed by atoms with Crippen LogP contribution in [0.2, 0.25) is 0 Å². The van der Waals surface area contributed by atoms with Crippen LogP contribution in [0.5, 0.6) is 0 Å². The largest absolute Gasteiger partial charge is 0.456 e. The number of hydrogen-bond acceptors (Lipinski definition) is 4. The van der Waals surface area contributed by atoms with E-state index in [4.69, 9.17) is 19.4 Å². The van der Waals surface area contributed by atoms with Crippen molar-refractivity contribution in [3.8, 4) is 62.1 Å². The predicted molar refractivity (Wildman–Crippen MR) is 229 cm³/mol. The van der Waals surface area contributed by atoms with Gasteiger partial charge in [0, 0.05) is 38.2 Å². The van der Waals surface area contributed by atoms with Gasteiger partial charge in [-0.25, -0.2) is 15.0 Å². The van der Waals surface area contributed by atoms with Gasteiger partial charge in [-0.15, -0.1) is 0 Å². The summed E-state index contributed by atoms with van der Waals surface area (Å²) < 4.78 is 8.56. The third-order valence-electron chi connectivity index (χ3n) is 10.7. The van der Waals surface area contributed by atoms with Crippen molar-refractivity contribution in [2.24, 2.45) is 0 Å². The number of rotatable bonds is 6. The Hall–Kier alpha value is -7.63. The molecule has 0 bridgehead atoms. The average Bonchev–Trinajstić information content (AvgIpc) is 3.82. The number of para-hydroxylation sites is 2. The first-order chi connectivity index (χ1) is 27.7. The Morgan fingerprint density at radius 2 is 0.821 bits per heavy atom. The van der Waals surface area contributed by atoms with E-state index in [1.165, 1.54) is 21.9 Å². The Bertz CT molecular complexity index is 3180. The van der Waals surface area contributed by atoms with Crippen molar-refractivity contribution in [2.75, 3.05) is 0 Å². The number of furan rings is 1. The molecule has 0 unspecified atom stereocenters. The first-order valence-electron chi connectivity index (χ1n) is 18.8. The smallest absolute Gasteiger partial charge is 0.166 e. The average molecular weight is 717 g/mol. The number of fused-ring (bicyclic) bond motifs is 6. The summed E-state index contributed by atoms with van der Waals surface area (Å²) in [6.45, 7) is 0. The van der Waals surface area contributed by atoms with Crippen molar-refractivity contribution in [1.29, 1.82) is 0 Å². The lowest BCUT2D eigenvalue weighted by Gasteiger charge is -2.16. The van der Waals surface area contributed by atoms with Crippen LogP contribution in [0.3, 0.4) is 0 Å². The third-order valence-corrected chi connectivity index (χ3v) is 10.7.